The van der Waals surface area contributed by atoms with E-state index in [2.05, 4.69) is 36.1 Å². The summed E-state index contributed by atoms with van der Waals surface area (Å²) in [6.07, 6.45) is 1.72. The Balaban J connectivity index is 1.23. The van der Waals surface area contributed by atoms with Gasteiger partial charge in [0.2, 0.25) is 0 Å². The molecule has 0 N–H and O–H groups in total. The van der Waals surface area contributed by atoms with Crippen molar-refractivity contribution >= 4 is 16.6 Å². The molecule has 4 nitrogen and oxygen atoms in total. The highest BCUT2D eigenvalue weighted by Crippen LogP contribution is 2.35. The summed E-state index contributed by atoms with van der Waals surface area (Å²) in [5, 5.41) is 2.09. The number of ether oxygens (including phenoxy) is 2. The van der Waals surface area contributed by atoms with Gasteiger partial charge in [0, 0.05) is 25.1 Å². The lowest BCUT2D eigenvalue weighted by Gasteiger charge is -2.19. The molecule has 0 bridgehead atoms. The molecular formula is C26H27NO3. The zero-order valence-electron chi connectivity index (χ0n) is 17.4. The molecule has 1 fully saturated rings. The summed E-state index contributed by atoms with van der Waals surface area (Å²) in [5.41, 5.74) is 3.59. The number of likely N-dealkylation sites (tertiary alicyclic amines) is 1. The highest BCUT2D eigenvalue weighted by molar-refractivity contribution is 6.00. The van der Waals surface area contributed by atoms with E-state index >= 15 is 0 Å². The van der Waals surface area contributed by atoms with Gasteiger partial charge in [-0.25, -0.2) is 0 Å². The second-order valence-corrected chi connectivity index (χ2v) is 8.37. The van der Waals surface area contributed by atoms with Gasteiger partial charge < -0.3 is 14.4 Å². The Kier molecular flexibility index (Phi) is 5.17. The molecule has 2 aliphatic rings. The van der Waals surface area contributed by atoms with Gasteiger partial charge in [-0.2, -0.15) is 0 Å². The van der Waals surface area contributed by atoms with Crippen LogP contribution in [0.3, 0.4) is 0 Å². The zero-order chi connectivity index (χ0) is 20.5. The fourth-order valence-corrected chi connectivity index (χ4v) is 4.70. The Hall–Kier alpha value is -2.85. The van der Waals surface area contributed by atoms with Crippen LogP contribution in [0.15, 0.2) is 54.6 Å². The van der Waals surface area contributed by atoms with Crippen LogP contribution in [0.2, 0.25) is 0 Å². The number of rotatable bonds is 5. The quantitative estimate of drug-likeness (QED) is 0.565. The Labute approximate surface area is 177 Å². The Morgan fingerprint density at radius 1 is 1.00 bits per heavy atom. The molecule has 0 aliphatic carbocycles. The van der Waals surface area contributed by atoms with Crippen LogP contribution in [-0.2, 0) is 0 Å². The third kappa shape index (κ3) is 3.80. The van der Waals surface area contributed by atoms with Crippen LogP contribution in [0.1, 0.15) is 40.2 Å². The van der Waals surface area contributed by atoms with Crippen LogP contribution in [-0.4, -0.2) is 43.5 Å². The van der Waals surface area contributed by atoms with E-state index in [1.165, 1.54) is 17.5 Å². The first kappa shape index (κ1) is 19.1. The first-order valence-electron chi connectivity index (χ1n) is 10.8. The molecule has 0 radical (unpaired) electrons. The van der Waals surface area contributed by atoms with Crippen LogP contribution in [0, 0.1) is 6.92 Å². The maximum absolute atomic E-state index is 12.9. The smallest absolute Gasteiger partial charge is 0.164 e. The number of carbonyl (C=O) groups excluding carboxylic acids is 1. The largest absolute Gasteiger partial charge is 0.486 e. The minimum absolute atomic E-state index is 0.200. The summed E-state index contributed by atoms with van der Waals surface area (Å²) >= 11 is 0. The van der Waals surface area contributed by atoms with Crippen LogP contribution in [0.4, 0.5) is 0 Å². The van der Waals surface area contributed by atoms with Crippen molar-refractivity contribution < 1.29 is 14.3 Å². The summed E-state index contributed by atoms with van der Waals surface area (Å²) in [6, 6.07) is 18.6. The minimum Gasteiger partial charge on any atom is -0.486 e. The maximum Gasteiger partial charge on any atom is 0.164 e. The number of aryl methyl sites for hydroxylation is 1. The van der Waals surface area contributed by atoms with E-state index < -0.39 is 0 Å². The average Bonchev–Trinajstić information content (AvgIpc) is 3.24. The predicted octanol–water partition coefficient (Wildman–Crippen LogP) is 4.98. The van der Waals surface area contributed by atoms with Gasteiger partial charge in [-0.05, 0) is 65.9 Å². The monoisotopic (exact) mass is 401 g/mol. The van der Waals surface area contributed by atoms with Crippen molar-refractivity contribution in [3.63, 3.8) is 0 Å². The molecule has 1 saturated heterocycles. The van der Waals surface area contributed by atoms with Crippen LogP contribution >= 0.6 is 0 Å². The molecular weight excluding hydrogens is 374 g/mol. The van der Waals surface area contributed by atoms with Gasteiger partial charge in [-0.15, -0.1) is 0 Å². The minimum atomic E-state index is 0.200. The van der Waals surface area contributed by atoms with Crippen molar-refractivity contribution in [3.05, 3.63) is 71.3 Å². The first-order valence-corrected chi connectivity index (χ1v) is 10.8. The van der Waals surface area contributed by atoms with Gasteiger partial charge in [0.05, 0.1) is 0 Å². The molecule has 5 rings (SSSR count). The third-order valence-electron chi connectivity index (χ3n) is 6.38. The van der Waals surface area contributed by atoms with Crippen molar-refractivity contribution in [3.8, 4) is 11.5 Å². The summed E-state index contributed by atoms with van der Waals surface area (Å²) in [7, 11) is 0. The lowest BCUT2D eigenvalue weighted by molar-refractivity contribution is 0.0969. The van der Waals surface area contributed by atoms with Crippen molar-refractivity contribution in [1.29, 1.82) is 0 Å². The molecule has 0 saturated carbocycles. The van der Waals surface area contributed by atoms with Crippen molar-refractivity contribution in [2.75, 3.05) is 32.8 Å². The van der Waals surface area contributed by atoms with Crippen molar-refractivity contribution in [2.45, 2.75) is 25.7 Å². The molecule has 30 heavy (non-hydrogen) atoms. The van der Waals surface area contributed by atoms with E-state index in [0.717, 1.165) is 47.5 Å². The summed E-state index contributed by atoms with van der Waals surface area (Å²) in [6.45, 7) is 6.26. The number of hydrogen-bond donors (Lipinski definition) is 0. The SMILES string of the molecule is Cc1ccccc1C1CCN(CCC(=O)c2ccc3cc4c(cc3c2)OCCO4)C1. The molecule has 1 atom stereocenters. The van der Waals surface area contributed by atoms with E-state index in [4.69, 9.17) is 9.47 Å². The topological polar surface area (TPSA) is 38.8 Å². The molecule has 1 unspecified atom stereocenters. The lowest BCUT2D eigenvalue weighted by Crippen LogP contribution is -2.23. The summed E-state index contributed by atoms with van der Waals surface area (Å²) < 4.78 is 11.3. The number of ketones is 1. The third-order valence-corrected chi connectivity index (χ3v) is 6.38. The van der Waals surface area contributed by atoms with Gasteiger partial charge in [-0.1, -0.05) is 36.4 Å². The highest BCUT2D eigenvalue weighted by atomic mass is 16.6. The fraction of sp³-hybridized carbons (Fsp3) is 0.346. The van der Waals surface area contributed by atoms with Crippen LogP contribution in [0.25, 0.3) is 10.8 Å². The molecule has 3 aromatic carbocycles. The van der Waals surface area contributed by atoms with E-state index in [1.807, 2.05) is 30.3 Å². The van der Waals surface area contributed by atoms with E-state index in [-0.39, 0.29) is 5.78 Å². The first-order chi connectivity index (χ1) is 14.7. The van der Waals surface area contributed by atoms with Crippen molar-refractivity contribution in [1.82, 2.24) is 4.90 Å². The van der Waals surface area contributed by atoms with E-state index in [1.54, 1.807) is 0 Å². The molecule has 0 amide bonds. The molecule has 3 aromatic rings. The Morgan fingerprint density at radius 3 is 2.57 bits per heavy atom. The van der Waals surface area contributed by atoms with Gasteiger partial charge in [-0.3, -0.25) is 4.79 Å². The summed E-state index contributed by atoms with van der Waals surface area (Å²) in [4.78, 5) is 15.3. The average molecular weight is 402 g/mol. The lowest BCUT2D eigenvalue weighted by atomic mass is 9.94. The zero-order valence-corrected chi connectivity index (χ0v) is 17.4. The number of carbonyl (C=O) groups is 1. The number of Topliss-reactive ketones (excluding diaryl/α,β-unsaturated/α-hetero) is 1. The van der Waals surface area contributed by atoms with Gasteiger partial charge >= 0.3 is 0 Å². The summed E-state index contributed by atoms with van der Waals surface area (Å²) in [5.74, 6) is 2.32. The highest BCUT2D eigenvalue weighted by Gasteiger charge is 2.25. The van der Waals surface area contributed by atoms with E-state index in [0.29, 0.717) is 25.6 Å². The van der Waals surface area contributed by atoms with Crippen molar-refractivity contribution in [2.24, 2.45) is 0 Å². The molecule has 4 heteroatoms. The molecule has 2 heterocycles. The second-order valence-electron chi connectivity index (χ2n) is 8.37. The van der Waals surface area contributed by atoms with Gasteiger partial charge in [0.1, 0.15) is 13.2 Å². The Bertz CT molecular complexity index is 1090. The van der Waals surface area contributed by atoms with Gasteiger partial charge in [0.25, 0.3) is 0 Å². The number of benzene rings is 3. The second kappa shape index (κ2) is 8.11. The van der Waals surface area contributed by atoms with E-state index in [9.17, 15) is 4.79 Å². The normalized spacial score (nSPS) is 18.6. The maximum atomic E-state index is 12.9. The molecule has 2 aliphatic heterocycles. The van der Waals surface area contributed by atoms with Gasteiger partial charge in [0.15, 0.2) is 17.3 Å². The standard InChI is InChI=1S/C26H27NO3/c1-18-4-2-3-5-23(18)21-8-10-27(17-21)11-9-24(28)20-7-6-19-15-25-26(16-22(19)14-20)30-13-12-29-25/h2-7,14-16,21H,8-13,17H2,1H3. The molecule has 0 aromatic heterocycles. The number of fused-ring (bicyclic) bond motifs is 2. The Morgan fingerprint density at radius 2 is 1.77 bits per heavy atom. The van der Waals surface area contributed by atoms with Crippen LogP contribution in [0.5, 0.6) is 11.5 Å². The molecule has 154 valence electrons. The predicted molar refractivity (Wildman–Crippen MR) is 119 cm³/mol. The fourth-order valence-electron chi connectivity index (χ4n) is 4.70. The molecule has 0 spiro atoms. The number of nitrogens with zero attached hydrogens (tertiary/aromatic N) is 1. The number of hydrogen-bond acceptors (Lipinski definition) is 4. The van der Waals surface area contributed by atoms with Crippen LogP contribution < -0.4 is 9.47 Å².